The van der Waals surface area contributed by atoms with Crippen molar-refractivity contribution in [2.45, 2.75) is 116 Å². The summed E-state index contributed by atoms with van der Waals surface area (Å²) in [5.41, 5.74) is 0. The van der Waals surface area contributed by atoms with Crippen molar-refractivity contribution < 1.29 is 14.3 Å². The van der Waals surface area contributed by atoms with Gasteiger partial charge in [0.2, 0.25) is 0 Å². The van der Waals surface area contributed by atoms with Crippen LogP contribution in [0, 0.1) is 0 Å². The Hall–Kier alpha value is -0.990. The lowest BCUT2D eigenvalue weighted by molar-refractivity contribution is -0.148. The zero-order valence-electron chi connectivity index (χ0n) is 15.8. The third kappa shape index (κ3) is 12.4. The van der Waals surface area contributed by atoms with Gasteiger partial charge in [-0.1, -0.05) is 103 Å². The topological polar surface area (TPSA) is 38.8 Å². The quantitative estimate of drug-likeness (QED) is 0.169. The Morgan fingerprint density at radius 2 is 1.21 bits per heavy atom. The number of carbonyl (C=O) groups is 1. The van der Waals surface area contributed by atoms with E-state index < -0.39 is 6.29 Å². The van der Waals surface area contributed by atoms with E-state index >= 15 is 0 Å². The molecular formula is C21H38O3. The largest absolute Gasteiger partial charge is 0.445 e. The summed E-state index contributed by atoms with van der Waals surface area (Å²) in [6.07, 6.45) is 20.1. The normalized spacial score (nSPS) is 16.0. The van der Waals surface area contributed by atoms with Crippen LogP contribution in [0.15, 0.2) is 12.3 Å². The first kappa shape index (κ1) is 21.1. The highest BCUT2D eigenvalue weighted by Crippen LogP contribution is 2.26. The summed E-state index contributed by atoms with van der Waals surface area (Å²) in [6.45, 7) is 5.85. The van der Waals surface area contributed by atoms with Gasteiger partial charge in [-0.3, -0.25) is 4.79 Å². The van der Waals surface area contributed by atoms with E-state index in [1.165, 1.54) is 83.5 Å². The Bertz CT molecular complexity index is 338. The van der Waals surface area contributed by atoms with Crippen LogP contribution in [-0.4, -0.2) is 12.3 Å². The SMILES string of the molecule is C=C1OC1OC(=O)CCCCCCCCCCCCCCCCC. The molecule has 0 saturated carbocycles. The number of unbranched alkanes of at least 4 members (excludes halogenated alkanes) is 14. The van der Waals surface area contributed by atoms with Gasteiger partial charge in [0.25, 0.3) is 0 Å². The van der Waals surface area contributed by atoms with Gasteiger partial charge >= 0.3 is 12.3 Å². The third-order valence-corrected chi connectivity index (χ3v) is 4.69. The summed E-state index contributed by atoms with van der Waals surface area (Å²) in [7, 11) is 0. The van der Waals surface area contributed by atoms with Crippen molar-refractivity contribution >= 4 is 5.97 Å². The number of hydrogen-bond acceptors (Lipinski definition) is 3. The van der Waals surface area contributed by atoms with Crippen LogP contribution in [0.4, 0.5) is 0 Å². The minimum atomic E-state index is -0.450. The molecule has 0 amide bonds. The molecule has 0 N–H and O–H groups in total. The maximum atomic E-state index is 11.4. The lowest BCUT2D eigenvalue weighted by atomic mass is 10.0. The van der Waals surface area contributed by atoms with Crippen LogP contribution in [0.3, 0.4) is 0 Å². The third-order valence-electron chi connectivity index (χ3n) is 4.69. The molecule has 0 aromatic rings. The van der Waals surface area contributed by atoms with Crippen molar-refractivity contribution in [3.8, 4) is 0 Å². The molecule has 1 aliphatic heterocycles. The zero-order valence-corrected chi connectivity index (χ0v) is 15.8. The van der Waals surface area contributed by atoms with E-state index in [0.29, 0.717) is 12.2 Å². The van der Waals surface area contributed by atoms with Gasteiger partial charge in [0.1, 0.15) is 0 Å². The Morgan fingerprint density at radius 3 is 1.58 bits per heavy atom. The fourth-order valence-corrected chi connectivity index (χ4v) is 3.01. The second-order valence-electron chi connectivity index (χ2n) is 7.11. The molecule has 0 radical (unpaired) electrons. The fraction of sp³-hybridized carbons (Fsp3) is 0.857. The van der Waals surface area contributed by atoms with Gasteiger partial charge in [0.05, 0.1) is 0 Å². The van der Waals surface area contributed by atoms with Crippen LogP contribution in [0.1, 0.15) is 110 Å². The van der Waals surface area contributed by atoms with E-state index in [0.717, 1.165) is 12.8 Å². The van der Waals surface area contributed by atoms with Crippen molar-refractivity contribution in [1.82, 2.24) is 0 Å². The van der Waals surface area contributed by atoms with Crippen molar-refractivity contribution in [3.05, 3.63) is 12.3 Å². The monoisotopic (exact) mass is 338 g/mol. The first-order valence-electron chi connectivity index (χ1n) is 10.3. The summed E-state index contributed by atoms with van der Waals surface area (Å²) >= 11 is 0. The van der Waals surface area contributed by atoms with E-state index in [1.54, 1.807) is 0 Å². The molecule has 1 atom stereocenters. The van der Waals surface area contributed by atoms with Crippen molar-refractivity contribution in [3.63, 3.8) is 0 Å². The number of rotatable bonds is 17. The molecule has 0 aliphatic carbocycles. The predicted molar refractivity (Wildman–Crippen MR) is 99.7 cm³/mol. The van der Waals surface area contributed by atoms with Crippen LogP contribution in [0.25, 0.3) is 0 Å². The molecule has 1 saturated heterocycles. The van der Waals surface area contributed by atoms with Crippen LogP contribution >= 0.6 is 0 Å². The Morgan fingerprint density at radius 1 is 0.833 bits per heavy atom. The molecule has 0 bridgehead atoms. The first-order valence-corrected chi connectivity index (χ1v) is 10.3. The smallest absolute Gasteiger partial charge is 0.309 e. The van der Waals surface area contributed by atoms with Gasteiger partial charge in [-0.2, -0.15) is 0 Å². The highest BCUT2D eigenvalue weighted by molar-refractivity contribution is 5.69. The average molecular weight is 339 g/mol. The number of epoxide rings is 1. The molecule has 1 heterocycles. The molecule has 0 spiro atoms. The fourth-order valence-electron chi connectivity index (χ4n) is 3.01. The van der Waals surface area contributed by atoms with E-state index in [2.05, 4.69) is 13.5 Å². The highest BCUT2D eigenvalue weighted by Gasteiger charge is 2.34. The highest BCUT2D eigenvalue weighted by atomic mass is 16.8. The molecule has 3 heteroatoms. The van der Waals surface area contributed by atoms with Crippen LogP contribution in [0.5, 0.6) is 0 Å². The summed E-state index contributed by atoms with van der Waals surface area (Å²) < 4.78 is 9.91. The van der Waals surface area contributed by atoms with Gasteiger partial charge in [-0.25, -0.2) is 0 Å². The molecule has 0 aromatic carbocycles. The molecule has 0 aromatic heterocycles. The van der Waals surface area contributed by atoms with Gasteiger partial charge in [0.15, 0.2) is 5.76 Å². The Kier molecular flexibility index (Phi) is 12.6. The lowest BCUT2D eigenvalue weighted by Crippen LogP contribution is -2.06. The first-order chi connectivity index (χ1) is 11.7. The number of esters is 1. The lowest BCUT2D eigenvalue weighted by Gasteiger charge is -2.03. The molecular weight excluding hydrogens is 300 g/mol. The van der Waals surface area contributed by atoms with Gasteiger partial charge in [-0.15, -0.1) is 0 Å². The summed E-state index contributed by atoms with van der Waals surface area (Å²) in [6, 6.07) is 0. The molecule has 1 fully saturated rings. The van der Waals surface area contributed by atoms with Crippen molar-refractivity contribution in [1.29, 1.82) is 0 Å². The zero-order chi connectivity index (χ0) is 17.5. The predicted octanol–water partition coefficient (Wildman–Crippen LogP) is 6.66. The average Bonchev–Trinajstić information content (AvgIpc) is 3.25. The maximum absolute atomic E-state index is 11.4. The second-order valence-corrected chi connectivity index (χ2v) is 7.11. The molecule has 1 unspecified atom stereocenters. The standard InChI is InChI=1S/C21H38O3/c1-3-4-5-6-7-8-9-10-11-12-13-14-15-16-17-18-20(22)24-21-19(2)23-21/h21H,2-18H2,1H3. The van der Waals surface area contributed by atoms with Crippen LogP contribution in [-0.2, 0) is 14.3 Å². The van der Waals surface area contributed by atoms with E-state index in [9.17, 15) is 4.79 Å². The number of carbonyl (C=O) groups excluding carboxylic acids is 1. The molecule has 3 nitrogen and oxygen atoms in total. The second kappa shape index (κ2) is 14.4. The van der Waals surface area contributed by atoms with E-state index in [1.807, 2.05) is 0 Å². The van der Waals surface area contributed by atoms with Crippen molar-refractivity contribution in [2.24, 2.45) is 0 Å². The van der Waals surface area contributed by atoms with E-state index in [-0.39, 0.29) is 5.97 Å². The Labute approximate surface area is 149 Å². The van der Waals surface area contributed by atoms with Crippen LogP contribution < -0.4 is 0 Å². The molecule has 1 aliphatic rings. The van der Waals surface area contributed by atoms with E-state index in [4.69, 9.17) is 9.47 Å². The minimum absolute atomic E-state index is 0.159. The van der Waals surface area contributed by atoms with Gasteiger partial charge in [-0.05, 0) is 6.42 Å². The van der Waals surface area contributed by atoms with Crippen LogP contribution in [0.2, 0.25) is 0 Å². The minimum Gasteiger partial charge on any atom is -0.445 e. The molecule has 140 valence electrons. The number of ether oxygens (including phenoxy) is 2. The van der Waals surface area contributed by atoms with Gasteiger partial charge < -0.3 is 9.47 Å². The van der Waals surface area contributed by atoms with Crippen molar-refractivity contribution in [2.75, 3.05) is 0 Å². The summed E-state index contributed by atoms with van der Waals surface area (Å²) in [5, 5.41) is 0. The maximum Gasteiger partial charge on any atom is 0.309 e. The van der Waals surface area contributed by atoms with Gasteiger partial charge in [0, 0.05) is 6.42 Å². The summed E-state index contributed by atoms with van der Waals surface area (Å²) in [4.78, 5) is 11.4. The Balaban J connectivity index is 1.69. The number of hydrogen-bond donors (Lipinski definition) is 0. The molecule has 24 heavy (non-hydrogen) atoms. The molecule has 1 rings (SSSR count). The summed E-state index contributed by atoms with van der Waals surface area (Å²) in [5.74, 6) is 0.410.